The van der Waals surface area contributed by atoms with Crippen LogP contribution in [-0.4, -0.2) is 29.5 Å². The van der Waals surface area contributed by atoms with E-state index in [-0.39, 0.29) is 6.61 Å². The average Bonchev–Trinajstić information content (AvgIpc) is 2.69. The quantitative estimate of drug-likeness (QED) is 0.558. The van der Waals surface area contributed by atoms with Crippen LogP contribution in [0, 0.1) is 0 Å². The Bertz CT molecular complexity index is 339. The molecule has 0 bridgehead atoms. The number of amides is 1. The van der Waals surface area contributed by atoms with E-state index in [0.29, 0.717) is 5.13 Å². The summed E-state index contributed by atoms with van der Waals surface area (Å²) in [5.74, 6) is -1.37. The molecule has 0 spiro atoms. The molecule has 82 valence electrons. The molecule has 0 saturated carbocycles. The summed E-state index contributed by atoms with van der Waals surface area (Å²) in [6, 6.07) is -1.31. The number of esters is 1. The van der Waals surface area contributed by atoms with Crippen molar-refractivity contribution in [3.8, 4) is 0 Å². The number of hydrogen-bond acceptors (Lipinski definition) is 6. The Morgan fingerprint density at radius 1 is 1.73 bits per heavy atom. The SMILES string of the molecule is CCOC(=O)C(N)C(=O)Nc1nccs1. The van der Waals surface area contributed by atoms with Gasteiger partial charge in [0.05, 0.1) is 6.61 Å². The van der Waals surface area contributed by atoms with Crippen LogP contribution in [0.4, 0.5) is 5.13 Å². The number of thiazole rings is 1. The van der Waals surface area contributed by atoms with Crippen LogP contribution in [0.25, 0.3) is 0 Å². The van der Waals surface area contributed by atoms with Crippen molar-refractivity contribution in [1.29, 1.82) is 0 Å². The first kappa shape index (κ1) is 11.6. The minimum absolute atomic E-state index is 0.192. The smallest absolute Gasteiger partial charge is 0.332 e. The molecule has 7 heteroatoms. The van der Waals surface area contributed by atoms with E-state index in [4.69, 9.17) is 5.73 Å². The Hall–Kier alpha value is -1.47. The van der Waals surface area contributed by atoms with Gasteiger partial charge in [-0.25, -0.2) is 9.78 Å². The van der Waals surface area contributed by atoms with Crippen molar-refractivity contribution >= 4 is 28.3 Å². The zero-order chi connectivity index (χ0) is 11.3. The molecule has 1 heterocycles. The van der Waals surface area contributed by atoms with Gasteiger partial charge in [0, 0.05) is 11.6 Å². The number of ether oxygens (including phenoxy) is 1. The molecule has 0 fully saturated rings. The number of carbonyl (C=O) groups is 2. The highest BCUT2D eigenvalue weighted by molar-refractivity contribution is 7.13. The zero-order valence-corrected chi connectivity index (χ0v) is 8.91. The van der Waals surface area contributed by atoms with E-state index >= 15 is 0 Å². The summed E-state index contributed by atoms with van der Waals surface area (Å²) in [6.45, 7) is 1.83. The van der Waals surface area contributed by atoms with Gasteiger partial charge in [0.25, 0.3) is 5.91 Å². The van der Waals surface area contributed by atoms with Gasteiger partial charge in [-0.1, -0.05) is 0 Å². The van der Waals surface area contributed by atoms with E-state index < -0.39 is 17.9 Å². The maximum absolute atomic E-state index is 11.4. The normalized spacial score (nSPS) is 11.9. The van der Waals surface area contributed by atoms with E-state index in [1.54, 1.807) is 12.3 Å². The maximum atomic E-state index is 11.4. The molecule has 1 unspecified atom stereocenters. The Kier molecular flexibility index (Phi) is 4.19. The molecule has 15 heavy (non-hydrogen) atoms. The van der Waals surface area contributed by atoms with Crippen LogP contribution in [0.3, 0.4) is 0 Å². The van der Waals surface area contributed by atoms with E-state index in [1.165, 1.54) is 17.5 Å². The lowest BCUT2D eigenvalue weighted by Gasteiger charge is -2.09. The van der Waals surface area contributed by atoms with Gasteiger partial charge in [-0.05, 0) is 6.92 Å². The fourth-order valence-corrected chi connectivity index (χ4v) is 1.34. The molecule has 0 aromatic carbocycles. The number of nitrogens with one attached hydrogen (secondary N) is 1. The summed E-state index contributed by atoms with van der Waals surface area (Å²) in [6.07, 6.45) is 1.54. The number of hydrogen-bond donors (Lipinski definition) is 2. The number of anilines is 1. The first-order valence-electron chi connectivity index (χ1n) is 4.27. The van der Waals surface area contributed by atoms with Crippen LogP contribution in [0.1, 0.15) is 6.92 Å². The van der Waals surface area contributed by atoms with E-state index in [0.717, 1.165) is 0 Å². The monoisotopic (exact) mass is 229 g/mol. The van der Waals surface area contributed by atoms with Crippen LogP contribution in [0.5, 0.6) is 0 Å². The lowest BCUT2D eigenvalue weighted by atomic mass is 10.3. The Morgan fingerprint density at radius 2 is 2.47 bits per heavy atom. The molecule has 3 N–H and O–H groups in total. The highest BCUT2D eigenvalue weighted by atomic mass is 32.1. The van der Waals surface area contributed by atoms with Crippen LogP contribution < -0.4 is 11.1 Å². The van der Waals surface area contributed by atoms with Crippen molar-refractivity contribution < 1.29 is 14.3 Å². The van der Waals surface area contributed by atoms with Gasteiger partial charge in [0.1, 0.15) is 0 Å². The summed E-state index contributed by atoms with van der Waals surface area (Å²) in [7, 11) is 0. The molecule has 1 atom stereocenters. The minimum Gasteiger partial charge on any atom is -0.464 e. The van der Waals surface area contributed by atoms with Crippen molar-refractivity contribution in [2.45, 2.75) is 13.0 Å². The van der Waals surface area contributed by atoms with Crippen molar-refractivity contribution in [3.05, 3.63) is 11.6 Å². The Labute approximate surface area is 90.4 Å². The minimum atomic E-state index is -1.31. The van der Waals surface area contributed by atoms with Gasteiger partial charge in [-0.2, -0.15) is 0 Å². The van der Waals surface area contributed by atoms with E-state index in [2.05, 4.69) is 15.0 Å². The molecule has 0 radical (unpaired) electrons. The van der Waals surface area contributed by atoms with Crippen LogP contribution >= 0.6 is 11.3 Å². The molecule has 6 nitrogen and oxygen atoms in total. The number of nitrogens with zero attached hydrogens (tertiary/aromatic N) is 1. The molecule has 0 aliphatic rings. The van der Waals surface area contributed by atoms with E-state index in [1.807, 2.05) is 0 Å². The number of nitrogens with two attached hydrogens (primary N) is 1. The van der Waals surface area contributed by atoms with Crippen LogP contribution in [0.15, 0.2) is 11.6 Å². The predicted molar refractivity (Wildman–Crippen MR) is 55.4 cm³/mol. The van der Waals surface area contributed by atoms with E-state index in [9.17, 15) is 9.59 Å². The summed E-state index contributed by atoms with van der Waals surface area (Å²) >= 11 is 1.24. The Balaban J connectivity index is 2.50. The van der Waals surface area contributed by atoms with Crippen molar-refractivity contribution in [2.24, 2.45) is 5.73 Å². The number of carbonyl (C=O) groups excluding carboxylic acids is 2. The molecule has 1 amide bonds. The molecule has 1 rings (SSSR count). The second kappa shape index (κ2) is 5.42. The zero-order valence-electron chi connectivity index (χ0n) is 8.10. The summed E-state index contributed by atoms with van der Waals surface area (Å²) in [5, 5.41) is 4.51. The second-order valence-corrected chi connectivity index (χ2v) is 3.45. The molecule has 1 aromatic rings. The van der Waals surface area contributed by atoms with Crippen LogP contribution in [-0.2, 0) is 14.3 Å². The highest BCUT2D eigenvalue weighted by Gasteiger charge is 2.23. The fourth-order valence-electron chi connectivity index (χ4n) is 0.807. The molecular weight excluding hydrogens is 218 g/mol. The third kappa shape index (κ3) is 3.30. The average molecular weight is 229 g/mol. The van der Waals surface area contributed by atoms with Gasteiger partial charge in [-0.15, -0.1) is 11.3 Å². The first-order valence-corrected chi connectivity index (χ1v) is 5.15. The lowest BCUT2D eigenvalue weighted by molar-refractivity contribution is -0.146. The summed E-state index contributed by atoms with van der Waals surface area (Å²) < 4.78 is 4.60. The molecule has 0 aliphatic heterocycles. The number of aromatic nitrogens is 1. The van der Waals surface area contributed by atoms with Crippen LogP contribution in [0.2, 0.25) is 0 Å². The predicted octanol–water partition coefficient (Wildman–Crippen LogP) is -0.0280. The van der Waals surface area contributed by atoms with Gasteiger partial charge in [0.15, 0.2) is 11.2 Å². The fraction of sp³-hybridized carbons (Fsp3) is 0.375. The number of rotatable bonds is 4. The molecular formula is C8H11N3O3S. The molecule has 0 saturated heterocycles. The van der Waals surface area contributed by atoms with Crippen molar-refractivity contribution in [3.63, 3.8) is 0 Å². The van der Waals surface area contributed by atoms with Gasteiger partial charge in [0.2, 0.25) is 0 Å². The third-order valence-electron chi connectivity index (χ3n) is 1.49. The first-order chi connectivity index (χ1) is 7.15. The summed E-state index contributed by atoms with van der Waals surface area (Å²) in [4.78, 5) is 26.3. The van der Waals surface area contributed by atoms with Crippen molar-refractivity contribution in [2.75, 3.05) is 11.9 Å². The second-order valence-electron chi connectivity index (χ2n) is 2.56. The lowest BCUT2D eigenvalue weighted by Crippen LogP contribution is -2.43. The standard InChI is InChI=1S/C8H11N3O3S/c1-2-14-7(13)5(9)6(12)11-8-10-3-4-15-8/h3-5H,2,9H2,1H3,(H,10,11,12). The Morgan fingerprint density at radius 3 is 3.00 bits per heavy atom. The topological polar surface area (TPSA) is 94.3 Å². The van der Waals surface area contributed by atoms with Crippen molar-refractivity contribution in [1.82, 2.24) is 4.98 Å². The van der Waals surface area contributed by atoms with Gasteiger partial charge in [-0.3, -0.25) is 4.79 Å². The molecule has 1 aromatic heterocycles. The highest BCUT2D eigenvalue weighted by Crippen LogP contribution is 2.10. The molecule has 0 aliphatic carbocycles. The van der Waals surface area contributed by atoms with Gasteiger partial charge >= 0.3 is 5.97 Å². The largest absolute Gasteiger partial charge is 0.464 e. The van der Waals surface area contributed by atoms with Gasteiger partial charge < -0.3 is 15.8 Å². The maximum Gasteiger partial charge on any atom is 0.332 e. The third-order valence-corrected chi connectivity index (χ3v) is 2.17. The summed E-state index contributed by atoms with van der Waals surface area (Å²) in [5.41, 5.74) is 5.35.